The third-order valence-corrected chi connectivity index (χ3v) is 4.40. The van der Waals surface area contributed by atoms with Crippen molar-refractivity contribution in [3.05, 3.63) is 48.3 Å². The van der Waals surface area contributed by atoms with Gasteiger partial charge in [-0.05, 0) is 35.9 Å². The maximum Gasteiger partial charge on any atom is 0.291 e. The second-order valence-corrected chi connectivity index (χ2v) is 8.17. The Morgan fingerprint density at radius 3 is 2.71 bits per heavy atom. The van der Waals surface area contributed by atoms with Crippen molar-refractivity contribution < 1.29 is 13.9 Å². The molecule has 3 aromatic rings. The lowest BCUT2D eigenvalue weighted by atomic mass is 10.2. The number of nitrogens with one attached hydrogen (secondary N) is 1. The summed E-state index contributed by atoms with van der Waals surface area (Å²) in [7, 11) is 4.27. The predicted octanol–water partition coefficient (Wildman–Crippen LogP) is 2.99. The number of aromatic nitrogens is 5. The Morgan fingerprint density at radius 1 is 1.29 bits per heavy atom. The van der Waals surface area contributed by atoms with Crippen LogP contribution in [-0.4, -0.2) is 44.3 Å². The second kappa shape index (κ2) is 8.78. The number of anilines is 2. The van der Waals surface area contributed by atoms with Crippen molar-refractivity contribution in [2.24, 2.45) is 0 Å². The van der Waals surface area contributed by atoms with Crippen LogP contribution in [0.25, 0.3) is 11.4 Å². The molecule has 11 heteroatoms. The summed E-state index contributed by atoms with van der Waals surface area (Å²) in [6.07, 6.45) is 3.19. The van der Waals surface area contributed by atoms with Crippen LogP contribution in [0.2, 0.25) is 0 Å². The lowest BCUT2D eigenvalue weighted by Crippen LogP contribution is -2.20. The van der Waals surface area contributed by atoms with Crippen LogP contribution in [-0.2, 0) is 9.89 Å². The van der Waals surface area contributed by atoms with Gasteiger partial charge in [0.25, 0.3) is 5.91 Å². The van der Waals surface area contributed by atoms with E-state index in [1.807, 2.05) is 0 Å². The van der Waals surface area contributed by atoms with E-state index in [2.05, 4.69) is 44.2 Å². The minimum Gasteiger partial charge on any atom is -0.372 e. The molecule has 2 unspecified atom stereocenters. The quantitative estimate of drug-likeness (QED) is 0.587. The first kappa shape index (κ1) is 20.4. The lowest BCUT2D eigenvalue weighted by Gasteiger charge is -2.15. The fourth-order valence-corrected chi connectivity index (χ4v) is 2.71. The third kappa shape index (κ3) is 4.93. The standard InChI is InChI=1S/C17H19FN6O2P2/c1-2-26-10-15(25)24-22-16(21-23-24)13-9-19-8-7-14(13)20-12-5-3-11(4-6-12)17(18,27)28/h3-9H,2,10,27-28H2,1H3,(H,19,20). The van der Waals surface area contributed by atoms with Crippen molar-refractivity contribution in [3.63, 3.8) is 0 Å². The summed E-state index contributed by atoms with van der Waals surface area (Å²) in [6, 6.07) is 8.64. The molecule has 1 aromatic carbocycles. The van der Waals surface area contributed by atoms with Gasteiger partial charge in [0.05, 0.1) is 11.3 Å². The Hall–Kier alpha value is -2.34. The van der Waals surface area contributed by atoms with Crippen LogP contribution in [0.15, 0.2) is 42.7 Å². The van der Waals surface area contributed by atoms with Crippen molar-refractivity contribution in [2.75, 3.05) is 18.5 Å². The predicted molar refractivity (Wildman–Crippen MR) is 110 cm³/mol. The number of halogens is 1. The number of nitrogens with zero attached hydrogens (tertiary/aromatic N) is 5. The summed E-state index contributed by atoms with van der Waals surface area (Å²) in [4.78, 5) is 16.9. The molecule has 0 bridgehead atoms. The minimum absolute atomic E-state index is 0.127. The highest BCUT2D eigenvalue weighted by Crippen LogP contribution is 2.40. The van der Waals surface area contributed by atoms with E-state index in [9.17, 15) is 9.18 Å². The van der Waals surface area contributed by atoms with Gasteiger partial charge in [0.1, 0.15) is 6.61 Å². The van der Waals surface area contributed by atoms with Crippen LogP contribution in [0.5, 0.6) is 0 Å². The maximum atomic E-state index is 13.9. The van der Waals surface area contributed by atoms with Gasteiger partial charge in [-0.3, -0.25) is 9.78 Å². The number of hydrogen-bond donors (Lipinski definition) is 1. The highest BCUT2D eigenvalue weighted by Gasteiger charge is 2.19. The first-order valence-electron chi connectivity index (χ1n) is 8.38. The van der Waals surface area contributed by atoms with Crippen molar-refractivity contribution in [2.45, 2.75) is 12.1 Å². The van der Waals surface area contributed by atoms with Crippen LogP contribution < -0.4 is 5.32 Å². The summed E-state index contributed by atoms with van der Waals surface area (Å²) in [5.74, 6) is -0.172. The zero-order chi connectivity index (χ0) is 20.1. The molecule has 28 heavy (non-hydrogen) atoms. The smallest absolute Gasteiger partial charge is 0.291 e. The normalized spacial score (nSPS) is 11.4. The molecule has 0 saturated heterocycles. The van der Waals surface area contributed by atoms with Crippen molar-refractivity contribution >= 4 is 35.8 Å². The van der Waals surface area contributed by atoms with Crippen molar-refractivity contribution in [3.8, 4) is 11.4 Å². The molecule has 0 aliphatic heterocycles. The summed E-state index contributed by atoms with van der Waals surface area (Å²) in [5.41, 5.74) is 2.50. The van der Waals surface area contributed by atoms with Gasteiger partial charge in [-0.15, -0.1) is 10.2 Å². The molecule has 0 aliphatic rings. The molecule has 0 saturated carbocycles. The fraction of sp³-hybridized carbons (Fsp3) is 0.235. The summed E-state index contributed by atoms with van der Waals surface area (Å²) in [5, 5.41) is 13.5. The van der Waals surface area contributed by atoms with Gasteiger partial charge in [0, 0.05) is 24.7 Å². The summed E-state index contributed by atoms with van der Waals surface area (Å²) >= 11 is 0. The molecule has 3 rings (SSSR count). The molecule has 0 spiro atoms. The Kier molecular flexibility index (Phi) is 6.39. The largest absolute Gasteiger partial charge is 0.372 e. The number of ether oxygens (including phenoxy) is 1. The Morgan fingerprint density at radius 2 is 2.04 bits per heavy atom. The molecule has 2 aromatic heterocycles. The van der Waals surface area contributed by atoms with Crippen LogP contribution in [0.1, 0.15) is 17.3 Å². The number of benzene rings is 1. The molecule has 1 N–H and O–H groups in total. The number of carbonyl (C=O) groups is 1. The van der Waals surface area contributed by atoms with E-state index in [4.69, 9.17) is 4.74 Å². The average molecular weight is 420 g/mol. The zero-order valence-electron chi connectivity index (χ0n) is 15.0. The highest BCUT2D eigenvalue weighted by molar-refractivity contribution is 7.38. The molecular weight excluding hydrogens is 401 g/mol. The summed E-state index contributed by atoms with van der Waals surface area (Å²) in [6.45, 7) is 2.08. The molecule has 8 nitrogen and oxygen atoms in total. The number of carbonyl (C=O) groups excluding carboxylic acids is 1. The molecule has 0 amide bonds. The molecule has 0 aliphatic carbocycles. The number of hydrogen-bond acceptors (Lipinski definition) is 7. The Bertz CT molecular complexity index is 959. The molecule has 2 atom stereocenters. The van der Waals surface area contributed by atoms with E-state index in [0.717, 1.165) is 10.5 Å². The number of pyridine rings is 1. The van der Waals surface area contributed by atoms with Gasteiger partial charge in [-0.1, -0.05) is 35.4 Å². The molecule has 146 valence electrons. The van der Waals surface area contributed by atoms with Crippen LogP contribution in [0.4, 0.5) is 15.8 Å². The van der Waals surface area contributed by atoms with Crippen LogP contribution in [0.3, 0.4) is 0 Å². The van der Waals surface area contributed by atoms with Gasteiger partial charge in [0.2, 0.25) is 5.82 Å². The van der Waals surface area contributed by atoms with Crippen LogP contribution in [0, 0.1) is 0 Å². The van der Waals surface area contributed by atoms with E-state index in [1.165, 1.54) is 0 Å². The number of rotatable bonds is 7. The Balaban J connectivity index is 1.82. The topological polar surface area (TPSA) is 94.8 Å². The third-order valence-electron chi connectivity index (χ3n) is 3.73. The van der Waals surface area contributed by atoms with Crippen molar-refractivity contribution in [1.29, 1.82) is 0 Å². The van der Waals surface area contributed by atoms with E-state index in [0.29, 0.717) is 23.4 Å². The first-order chi connectivity index (χ1) is 13.4. The fourth-order valence-electron chi connectivity index (χ4n) is 2.32. The van der Waals surface area contributed by atoms with Crippen LogP contribution >= 0.6 is 18.5 Å². The summed E-state index contributed by atoms with van der Waals surface area (Å²) < 4.78 is 19.0. The van der Waals surface area contributed by atoms with Crippen molar-refractivity contribution in [1.82, 2.24) is 25.2 Å². The van der Waals surface area contributed by atoms with Gasteiger partial charge in [-0.2, -0.15) is 0 Å². The Labute approximate surface area is 165 Å². The zero-order valence-corrected chi connectivity index (χ0v) is 17.4. The van der Waals surface area contributed by atoms with Gasteiger partial charge < -0.3 is 10.1 Å². The average Bonchev–Trinajstić information content (AvgIpc) is 3.16. The van der Waals surface area contributed by atoms with E-state index >= 15 is 0 Å². The number of tetrazole rings is 1. The maximum absolute atomic E-state index is 13.9. The SMILES string of the molecule is CCOCC(=O)n1nnc(-c2cnccc2Nc2ccc(C(F)(P)P)cc2)n1. The monoisotopic (exact) mass is 420 g/mol. The van der Waals surface area contributed by atoms with Gasteiger partial charge >= 0.3 is 0 Å². The van der Waals surface area contributed by atoms with E-state index in [-0.39, 0.29) is 12.4 Å². The minimum atomic E-state index is -1.57. The lowest BCUT2D eigenvalue weighted by molar-refractivity contribution is 0.0660. The molecule has 0 radical (unpaired) electrons. The van der Waals surface area contributed by atoms with Gasteiger partial charge in [-0.25, -0.2) is 4.39 Å². The van der Waals surface area contributed by atoms with E-state index < -0.39 is 11.1 Å². The molecule has 0 fully saturated rings. The van der Waals surface area contributed by atoms with Gasteiger partial charge in [0.15, 0.2) is 5.15 Å². The highest BCUT2D eigenvalue weighted by atomic mass is 31.1. The van der Waals surface area contributed by atoms with E-state index in [1.54, 1.807) is 49.6 Å². The molecular formula is C17H19FN6O2P2. The first-order valence-corrected chi connectivity index (χ1v) is 9.53. The molecule has 2 heterocycles. The number of alkyl halides is 1. The second-order valence-electron chi connectivity index (χ2n) is 5.83.